The summed E-state index contributed by atoms with van der Waals surface area (Å²) in [6.07, 6.45) is 2.57. The van der Waals surface area contributed by atoms with Gasteiger partial charge in [0.05, 0.1) is 20.3 Å². The van der Waals surface area contributed by atoms with E-state index in [1.807, 2.05) is 23.1 Å². The molecule has 1 saturated heterocycles. The van der Waals surface area contributed by atoms with Gasteiger partial charge in [0.15, 0.2) is 11.5 Å². The maximum absolute atomic E-state index is 12.3. The molecule has 1 unspecified atom stereocenters. The molecule has 1 heterocycles. The maximum Gasteiger partial charge on any atom is 0.317 e. The second-order valence-corrected chi connectivity index (χ2v) is 6.66. The van der Waals surface area contributed by atoms with Crippen LogP contribution in [-0.2, 0) is 6.42 Å². The molecule has 0 radical (unpaired) electrons. The molecule has 24 heavy (non-hydrogen) atoms. The van der Waals surface area contributed by atoms with Gasteiger partial charge in [-0.2, -0.15) is 0 Å². The summed E-state index contributed by atoms with van der Waals surface area (Å²) in [6, 6.07) is 5.76. The summed E-state index contributed by atoms with van der Waals surface area (Å²) in [6.45, 7) is 1.91. The average Bonchev–Trinajstić information content (AvgIpc) is 2.82. The first-order valence-corrected chi connectivity index (χ1v) is 8.54. The van der Waals surface area contributed by atoms with E-state index in [0.717, 1.165) is 24.8 Å². The summed E-state index contributed by atoms with van der Waals surface area (Å²) < 4.78 is 10.5. The Morgan fingerprint density at radius 3 is 2.50 bits per heavy atom. The van der Waals surface area contributed by atoms with E-state index in [0.29, 0.717) is 31.1 Å². The van der Waals surface area contributed by atoms with Crippen molar-refractivity contribution in [2.75, 3.05) is 33.9 Å². The normalized spacial score (nSPS) is 25.5. The summed E-state index contributed by atoms with van der Waals surface area (Å²) in [4.78, 5) is 14.2. The molecule has 132 valence electrons. The molecule has 6 heteroatoms. The van der Waals surface area contributed by atoms with E-state index in [9.17, 15) is 9.90 Å². The van der Waals surface area contributed by atoms with Gasteiger partial charge in [-0.15, -0.1) is 0 Å². The molecule has 1 aromatic carbocycles. The molecule has 2 fully saturated rings. The fraction of sp³-hybridized carbons (Fsp3) is 0.611. The first kappa shape index (κ1) is 16.9. The first-order valence-electron chi connectivity index (χ1n) is 8.54. The molecule has 1 aromatic rings. The molecule has 2 amide bonds. The van der Waals surface area contributed by atoms with Crippen molar-refractivity contribution in [1.29, 1.82) is 0 Å². The first-order chi connectivity index (χ1) is 11.6. The molecule has 3 atom stereocenters. The highest BCUT2D eigenvalue weighted by Gasteiger charge is 2.42. The second-order valence-electron chi connectivity index (χ2n) is 6.66. The smallest absolute Gasteiger partial charge is 0.317 e. The molecule has 2 N–H and O–H groups in total. The lowest BCUT2D eigenvalue weighted by atomic mass is 9.95. The zero-order valence-corrected chi connectivity index (χ0v) is 14.3. The van der Waals surface area contributed by atoms with Crippen LogP contribution < -0.4 is 14.8 Å². The van der Waals surface area contributed by atoms with Crippen molar-refractivity contribution in [3.8, 4) is 11.5 Å². The quantitative estimate of drug-likeness (QED) is 0.859. The number of carbonyl (C=O) groups is 1. The summed E-state index contributed by atoms with van der Waals surface area (Å²) in [5, 5.41) is 13.0. The number of carbonyl (C=O) groups excluding carboxylic acids is 1. The molecule has 6 nitrogen and oxygen atoms in total. The molecule has 0 aromatic heterocycles. The van der Waals surface area contributed by atoms with E-state index in [1.54, 1.807) is 14.2 Å². The lowest BCUT2D eigenvalue weighted by Crippen LogP contribution is -2.51. The summed E-state index contributed by atoms with van der Waals surface area (Å²) >= 11 is 0. The van der Waals surface area contributed by atoms with Crippen LogP contribution in [0.1, 0.15) is 18.4 Å². The number of hydrogen-bond donors (Lipinski definition) is 2. The zero-order chi connectivity index (χ0) is 17.1. The van der Waals surface area contributed by atoms with Crippen LogP contribution in [0.15, 0.2) is 18.2 Å². The number of aliphatic hydroxyl groups excluding tert-OH is 1. The number of methoxy groups -OCH3 is 2. The summed E-state index contributed by atoms with van der Waals surface area (Å²) in [5.41, 5.74) is 1.09. The monoisotopic (exact) mass is 334 g/mol. The molecule has 2 aliphatic rings. The zero-order valence-electron chi connectivity index (χ0n) is 14.3. The second kappa shape index (κ2) is 7.30. The van der Waals surface area contributed by atoms with Crippen LogP contribution in [0.25, 0.3) is 0 Å². The number of nitrogens with one attached hydrogen (secondary N) is 1. The van der Waals surface area contributed by atoms with Gasteiger partial charge < -0.3 is 24.8 Å². The molecule has 1 aliphatic carbocycles. The largest absolute Gasteiger partial charge is 0.493 e. The van der Waals surface area contributed by atoms with E-state index in [2.05, 4.69) is 5.32 Å². The lowest BCUT2D eigenvalue weighted by Gasteiger charge is -2.35. The Morgan fingerprint density at radius 2 is 1.88 bits per heavy atom. The van der Waals surface area contributed by atoms with E-state index < -0.39 is 0 Å². The van der Waals surface area contributed by atoms with Gasteiger partial charge in [-0.25, -0.2) is 4.79 Å². The number of piperidine rings is 1. The molecule has 1 saturated carbocycles. The average molecular weight is 334 g/mol. The predicted molar refractivity (Wildman–Crippen MR) is 90.4 cm³/mol. The molecular formula is C18H26N2O4. The topological polar surface area (TPSA) is 71.0 Å². The number of hydrogen-bond acceptors (Lipinski definition) is 4. The number of fused-ring (bicyclic) bond motifs is 2. The highest BCUT2D eigenvalue weighted by molar-refractivity contribution is 5.74. The van der Waals surface area contributed by atoms with E-state index in [4.69, 9.17) is 9.47 Å². The third-order valence-corrected chi connectivity index (χ3v) is 5.21. The van der Waals surface area contributed by atoms with Crippen LogP contribution in [0.4, 0.5) is 4.79 Å². The number of ether oxygens (including phenoxy) is 2. The predicted octanol–water partition coefficient (Wildman–Crippen LogP) is 1.66. The Morgan fingerprint density at radius 1 is 1.21 bits per heavy atom. The number of rotatable bonds is 5. The van der Waals surface area contributed by atoms with Crippen molar-refractivity contribution in [2.24, 2.45) is 11.8 Å². The third kappa shape index (κ3) is 3.43. The van der Waals surface area contributed by atoms with Crippen LogP contribution in [0.5, 0.6) is 11.5 Å². The van der Waals surface area contributed by atoms with Gasteiger partial charge >= 0.3 is 6.03 Å². The Bertz CT molecular complexity index is 578. The highest BCUT2D eigenvalue weighted by Crippen LogP contribution is 2.36. The molecule has 2 bridgehead atoms. The molecule has 0 spiro atoms. The van der Waals surface area contributed by atoms with Crippen LogP contribution in [-0.4, -0.2) is 56.0 Å². The lowest BCUT2D eigenvalue weighted by molar-refractivity contribution is 0.0304. The van der Waals surface area contributed by atoms with Gasteiger partial charge in [0, 0.05) is 31.5 Å². The maximum atomic E-state index is 12.3. The van der Waals surface area contributed by atoms with Crippen molar-refractivity contribution in [3.63, 3.8) is 0 Å². The number of likely N-dealkylation sites (tertiary alicyclic amines) is 1. The molecule has 3 rings (SSSR count). The fourth-order valence-electron chi connectivity index (χ4n) is 3.82. The number of urea groups is 1. The van der Waals surface area contributed by atoms with Crippen LogP contribution in [0, 0.1) is 11.8 Å². The van der Waals surface area contributed by atoms with Crippen LogP contribution in [0.2, 0.25) is 0 Å². The van der Waals surface area contributed by atoms with Gasteiger partial charge in [0.1, 0.15) is 0 Å². The highest BCUT2D eigenvalue weighted by atomic mass is 16.5. The summed E-state index contributed by atoms with van der Waals surface area (Å²) in [5.74, 6) is 1.90. The van der Waals surface area contributed by atoms with E-state index in [-0.39, 0.29) is 24.0 Å². The number of nitrogens with zero attached hydrogens (tertiary/aromatic N) is 1. The van der Waals surface area contributed by atoms with E-state index >= 15 is 0 Å². The Labute approximate surface area is 142 Å². The number of amides is 2. The Kier molecular flexibility index (Phi) is 5.14. The minimum absolute atomic E-state index is 0.0284. The Hall–Kier alpha value is -1.95. The minimum atomic E-state index is -0.221. The standard InChI is InChI=1S/C18H26N2O4/c1-23-15-6-3-12(9-16(15)24-2)7-8-19-18(22)20-10-13-4-5-14(11-20)17(13)21/h3,6,9,13-14,17,21H,4-5,7-8,10-11H2,1-2H3,(H,19,22)/t13-,14+,17?. The number of aliphatic hydroxyl groups is 1. The van der Waals surface area contributed by atoms with Gasteiger partial charge in [-0.1, -0.05) is 6.07 Å². The van der Waals surface area contributed by atoms with Gasteiger partial charge in [0.25, 0.3) is 0 Å². The van der Waals surface area contributed by atoms with Crippen LogP contribution >= 0.6 is 0 Å². The van der Waals surface area contributed by atoms with Gasteiger partial charge in [-0.3, -0.25) is 0 Å². The van der Waals surface area contributed by atoms with Crippen LogP contribution in [0.3, 0.4) is 0 Å². The van der Waals surface area contributed by atoms with Gasteiger partial charge in [-0.05, 0) is 37.0 Å². The third-order valence-electron chi connectivity index (χ3n) is 5.21. The fourth-order valence-corrected chi connectivity index (χ4v) is 3.82. The Balaban J connectivity index is 1.49. The summed E-state index contributed by atoms with van der Waals surface area (Å²) in [7, 11) is 3.23. The molecule has 1 aliphatic heterocycles. The van der Waals surface area contributed by atoms with Crippen molar-refractivity contribution >= 4 is 6.03 Å². The van der Waals surface area contributed by atoms with Gasteiger partial charge in [0.2, 0.25) is 0 Å². The van der Waals surface area contributed by atoms with Crippen molar-refractivity contribution in [3.05, 3.63) is 23.8 Å². The van der Waals surface area contributed by atoms with Crippen molar-refractivity contribution < 1.29 is 19.4 Å². The van der Waals surface area contributed by atoms with E-state index in [1.165, 1.54) is 0 Å². The number of benzene rings is 1. The molecular weight excluding hydrogens is 308 g/mol. The minimum Gasteiger partial charge on any atom is -0.493 e. The van der Waals surface area contributed by atoms with Crippen molar-refractivity contribution in [2.45, 2.75) is 25.4 Å². The SMILES string of the molecule is COc1ccc(CCNC(=O)N2C[C@H]3CC[C@@H](C2)C3O)cc1OC. The van der Waals surface area contributed by atoms with Crippen molar-refractivity contribution in [1.82, 2.24) is 10.2 Å².